The largest absolute Gasteiger partial charge is 0.341 e. The monoisotopic (exact) mass is 336 g/mol. The van der Waals surface area contributed by atoms with E-state index in [1.807, 2.05) is 0 Å². The molecule has 0 bridgehead atoms. The molecule has 4 heteroatoms. The Morgan fingerprint density at radius 1 is 1.00 bits per heavy atom. The molecule has 1 aliphatic heterocycles. The molecule has 1 aliphatic rings. The van der Waals surface area contributed by atoms with Crippen molar-refractivity contribution in [3.05, 3.63) is 48.0 Å². The van der Waals surface area contributed by atoms with Crippen LogP contribution >= 0.6 is 0 Å². The Bertz CT molecular complexity index is 846. The molecular formula is C21H28N4. The minimum absolute atomic E-state index is 0.938. The van der Waals surface area contributed by atoms with E-state index in [0.29, 0.717) is 0 Å². The van der Waals surface area contributed by atoms with Crippen LogP contribution in [0, 0.1) is 0 Å². The fourth-order valence-electron chi connectivity index (χ4n) is 3.96. The lowest BCUT2D eigenvalue weighted by Crippen LogP contribution is -2.45. The molecule has 132 valence electrons. The van der Waals surface area contributed by atoms with E-state index >= 15 is 0 Å². The second-order valence-corrected chi connectivity index (χ2v) is 6.88. The molecule has 2 N–H and O–H groups in total. The molecule has 4 rings (SSSR count). The van der Waals surface area contributed by atoms with Gasteiger partial charge in [0.25, 0.3) is 0 Å². The standard InChI is InChI=1S/C21H28N4/c1-2-25-20-6-4-3-5-18(20)19-15-17(7-8-21(19)25)16-23-11-14-24-12-9-22-10-13-24/h3-8,15,22-23H,2,9-14,16H2,1H3. The van der Waals surface area contributed by atoms with Crippen LogP contribution in [0.1, 0.15) is 12.5 Å². The quantitative estimate of drug-likeness (QED) is 0.679. The molecule has 25 heavy (non-hydrogen) atoms. The van der Waals surface area contributed by atoms with Crippen LogP contribution in [0.4, 0.5) is 0 Å². The summed E-state index contributed by atoms with van der Waals surface area (Å²) < 4.78 is 2.41. The lowest BCUT2D eigenvalue weighted by Gasteiger charge is -2.27. The Balaban J connectivity index is 1.46. The summed E-state index contributed by atoms with van der Waals surface area (Å²) in [4.78, 5) is 2.53. The maximum Gasteiger partial charge on any atom is 0.0491 e. The van der Waals surface area contributed by atoms with E-state index in [4.69, 9.17) is 0 Å². The summed E-state index contributed by atoms with van der Waals surface area (Å²) in [5.41, 5.74) is 4.05. The fraction of sp³-hybridized carbons (Fsp3) is 0.429. The van der Waals surface area contributed by atoms with Gasteiger partial charge in [-0.3, -0.25) is 4.90 Å². The first-order chi connectivity index (χ1) is 12.4. The number of piperazine rings is 1. The van der Waals surface area contributed by atoms with Gasteiger partial charge in [-0.15, -0.1) is 0 Å². The van der Waals surface area contributed by atoms with Crippen LogP contribution in [0.15, 0.2) is 42.5 Å². The zero-order valence-corrected chi connectivity index (χ0v) is 15.1. The van der Waals surface area contributed by atoms with Crippen molar-refractivity contribution in [3.8, 4) is 0 Å². The number of fused-ring (bicyclic) bond motifs is 3. The second-order valence-electron chi connectivity index (χ2n) is 6.88. The SMILES string of the molecule is CCn1c2ccccc2c2cc(CNCCN3CCNCC3)ccc21. The molecule has 2 aromatic carbocycles. The highest BCUT2D eigenvalue weighted by Gasteiger charge is 2.10. The van der Waals surface area contributed by atoms with Gasteiger partial charge in [0.05, 0.1) is 0 Å². The van der Waals surface area contributed by atoms with E-state index in [1.54, 1.807) is 0 Å². The summed E-state index contributed by atoms with van der Waals surface area (Å²) in [6.07, 6.45) is 0. The summed E-state index contributed by atoms with van der Waals surface area (Å²) in [5, 5.41) is 9.76. The average molecular weight is 336 g/mol. The molecule has 0 aliphatic carbocycles. The number of nitrogens with one attached hydrogen (secondary N) is 2. The molecule has 0 unspecified atom stereocenters. The van der Waals surface area contributed by atoms with Gasteiger partial charge in [-0.05, 0) is 30.7 Å². The molecule has 1 saturated heterocycles. The molecule has 3 aromatic rings. The van der Waals surface area contributed by atoms with E-state index in [9.17, 15) is 0 Å². The van der Waals surface area contributed by atoms with Gasteiger partial charge >= 0.3 is 0 Å². The van der Waals surface area contributed by atoms with Gasteiger partial charge in [-0.1, -0.05) is 24.3 Å². The fourth-order valence-corrected chi connectivity index (χ4v) is 3.96. The molecular weight excluding hydrogens is 308 g/mol. The van der Waals surface area contributed by atoms with Gasteiger partial charge in [0.1, 0.15) is 0 Å². The van der Waals surface area contributed by atoms with Crippen molar-refractivity contribution in [1.82, 2.24) is 20.1 Å². The van der Waals surface area contributed by atoms with Crippen LogP contribution < -0.4 is 10.6 Å². The lowest BCUT2D eigenvalue weighted by atomic mass is 10.1. The predicted octanol–water partition coefficient (Wildman–Crippen LogP) is 2.81. The van der Waals surface area contributed by atoms with Crippen LogP contribution in [-0.4, -0.2) is 48.7 Å². The molecule has 1 aromatic heterocycles. The van der Waals surface area contributed by atoms with Gasteiger partial charge in [-0.2, -0.15) is 0 Å². The highest BCUT2D eigenvalue weighted by molar-refractivity contribution is 6.08. The van der Waals surface area contributed by atoms with E-state index in [0.717, 1.165) is 39.3 Å². The third-order valence-corrected chi connectivity index (χ3v) is 5.30. The molecule has 2 heterocycles. The van der Waals surface area contributed by atoms with E-state index < -0.39 is 0 Å². The lowest BCUT2D eigenvalue weighted by molar-refractivity contribution is 0.241. The molecule has 0 spiro atoms. The Kier molecular flexibility index (Phi) is 5.02. The Labute approximate surface area is 149 Å². The minimum Gasteiger partial charge on any atom is -0.341 e. The van der Waals surface area contributed by atoms with Crippen LogP contribution in [0.3, 0.4) is 0 Å². The first kappa shape index (κ1) is 16.6. The zero-order chi connectivity index (χ0) is 17.1. The molecule has 0 radical (unpaired) electrons. The molecule has 0 amide bonds. The van der Waals surface area contributed by atoms with Gasteiger partial charge in [0, 0.05) is 74.2 Å². The van der Waals surface area contributed by atoms with E-state index in [-0.39, 0.29) is 0 Å². The Morgan fingerprint density at radius 3 is 2.64 bits per heavy atom. The second kappa shape index (κ2) is 7.56. The van der Waals surface area contributed by atoms with Gasteiger partial charge < -0.3 is 15.2 Å². The van der Waals surface area contributed by atoms with Crippen molar-refractivity contribution in [3.63, 3.8) is 0 Å². The number of aryl methyl sites for hydroxylation is 1. The number of hydrogen-bond donors (Lipinski definition) is 2. The number of benzene rings is 2. The Morgan fingerprint density at radius 2 is 1.80 bits per heavy atom. The summed E-state index contributed by atoms with van der Waals surface area (Å²) in [7, 11) is 0. The summed E-state index contributed by atoms with van der Waals surface area (Å²) >= 11 is 0. The zero-order valence-electron chi connectivity index (χ0n) is 15.1. The highest BCUT2D eigenvalue weighted by atomic mass is 15.2. The van der Waals surface area contributed by atoms with Crippen molar-refractivity contribution in [2.45, 2.75) is 20.0 Å². The third kappa shape index (κ3) is 3.43. The summed E-state index contributed by atoms with van der Waals surface area (Å²) in [6, 6.07) is 15.7. The first-order valence-electron chi connectivity index (χ1n) is 9.50. The van der Waals surface area contributed by atoms with Crippen molar-refractivity contribution in [2.75, 3.05) is 39.3 Å². The summed E-state index contributed by atoms with van der Waals surface area (Å²) in [5.74, 6) is 0. The number of para-hydroxylation sites is 1. The van der Waals surface area contributed by atoms with E-state index in [2.05, 4.69) is 69.5 Å². The van der Waals surface area contributed by atoms with Gasteiger partial charge in [0.2, 0.25) is 0 Å². The van der Waals surface area contributed by atoms with Crippen molar-refractivity contribution in [2.24, 2.45) is 0 Å². The number of nitrogens with zero attached hydrogens (tertiary/aromatic N) is 2. The van der Waals surface area contributed by atoms with Gasteiger partial charge in [0.15, 0.2) is 0 Å². The molecule has 0 saturated carbocycles. The van der Waals surface area contributed by atoms with Crippen LogP contribution in [0.2, 0.25) is 0 Å². The smallest absolute Gasteiger partial charge is 0.0491 e. The topological polar surface area (TPSA) is 32.2 Å². The van der Waals surface area contributed by atoms with E-state index in [1.165, 1.54) is 40.5 Å². The van der Waals surface area contributed by atoms with Crippen molar-refractivity contribution >= 4 is 21.8 Å². The van der Waals surface area contributed by atoms with Gasteiger partial charge in [-0.25, -0.2) is 0 Å². The number of hydrogen-bond acceptors (Lipinski definition) is 3. The van der Waals surface area contributed by atoms with Crippen molar-refractivity contribution in [1.29, 1.82) is 0 Å². The molecule has 4 nitrogen and oxygen atoms in total. The summed E-state index contributed by atoms with van der Waals surface area (Å²) in [6.45, 7) is 10.9. The third-order valence-electron chi connectivity index (χ3n) is 5.30. The first-order valence-corrected chi connectivity index (χ1v) is 9.50. The van der Waals surface area contributed by atoms with Crippen LogP contribution in [0.25, 0.3) is 21.8 Å². The number of aromatic nitrogens is 1. The predicted molar refractivity (Wildman–Crippen MR) is 106 cm³/mol. The highest BCUT2D eigenvalue weighted by Crippen LogP contribution is 2.29. The molecule has 0 atom stereocenters. The maximum absolute atomic E-state index is 3.61. The van der Waals surface area contributed by atoms with Crippen molar-refractivity contribution < 1.29 is 0 Å². The Hall–Kier alpha value is -1.88. The van der Waals surface area contributed by atoms with Crippen LogP contribution in [-0.2, 0) is 13.1 Å². The minimum atomic E-state index is 0.938. The van der Waals surface area contributed by atoms with Crippen LogP contribution in [0.5, 0.6) is 0 Å². The number of rotatable bonds is 6. The molecule has 1 fully saturated rings. The normalized spacial score (nSPS) is 16.0. The average Bonchev–Trinajstić information content (AvgIpc) is 2.99. The maximum atomic E-state index is 3.61.